The summed E-state index contributed by atoms with van der Waals surface area (Å²) in [6.45, 7) is 9.08. The van der Waals surface area contributed by atoms with Crippen molar-refractivity contribution in [1.29, 1.82) is 0 Å². The topological polar surface area (TPSA) is 24.7 Å². The molecule has 0 saturated carbocycles. The lowest BCUT2D eigenvalue weighted by molar-refractivity contribution is 0.881. The molecule has 0 unspecified atom stereocenters. The van der Waals surface area contributed by atoms with Crippen LogP contribution >= 0.6 is 0 Å². The summed E-state index contributed by atoms with van der Waals surface area (Å²) < 4.78 is 0. The molecule has 0 aromatic rings. The lowest BCUT2D eigenvalue weighted by Crippen LogP contribution is -2.01. The summed E-state index contributed by atoms with van der Waals surface area (Å²) in [5.41, 5.74) is 1.14. The van der Waals surface area contributed by atoms with E-state index in [1.807, 2.05) is 13.8 Å². The zero-order valence-corrected chi connectivity index (χ0v) is 7.26. The van der Waals surface area contributed by atoms with Gasteiger partial charge < -0.3 is 0 Å². The van der Waals surface area contributed by atoms with Gasteiger partial charge in [-0.15, -0.1) is 0 Å². The molecular weight excluding hydrogens is 124 g/mol. The van der Waals surface area contributed by atoms with E-state index in [-0.39, 0.29) is 0 Å². The van der Waals surface area contributed by atoms with Crippen molar-refractivity contribution in [3.8, 4) is 0 Å². The van der Waals surface area contributed by atoms with E-state index in [1.165, 1.54) is 0 Å². The summed E-state index contributed by atoms with van der Waals surface area (Å²) in [5, 5.41) is 0. The van der Waals surface area contributed by atoms with Crippen LogP contribution in [0.3, 0.4) is 0 Å². The lowest BCUT2D eigenvalue weighted by Gasteiger charge is -1.99. The summed E-state index contributed by atoms with van der Waals surface area (Å²) in [4.78, 5) is 8.12. The first-order valence-electron chi connectivity index (χ1n) is 3.71. The molecule has 0 rings (SSSR count). The Morgan fingerprint density at radius 2 is 2.10 bits per heavy atom. The number of nitrogens with zero attached hydrogens (tertiary/aromatic N) is 2. The molecule has 0 amide bonds. The van der Waals surface area contributed by atoms with E-state index in [9.17, 15) is 0 Å². The molecule has 10 heavy (non-hydrogen) atoms. The van der Waals surface area contributed by atoms with Gasteiger partial charge in [0.1, 0.15) is 6.34 Å². The molecule has 0 aliphatic heterocycles. The minimum absolute atomic E-state index is 0.531. The van der Waals surface area contributed by atoms with E-state index < -0.39 is 0 Å². The second kappa shape index (κ2) is 5.15. The van der Waals surface area contributed by atoms with Gasteiger partial charge in [-0.05, 0) is 19.8 Å². The van der Waals surface area contributed by atoms with E-state index in [0.717, 1.165) is 12.3 Å². The molecule has 58 valence electrons. The maximum atomic E-state index is 4.14. The second-order valence-corrected chi connectivity index (χ2v) is 2.54. The molecule has 0 N–H and O–H groups in total. The third-order valence-electron chi connectivity index (χ3n) is 1.36. The maximum Gasteiger partial charge on any atom is 0.109 e. The predicted molar refractivity (Wildman–Crippen MR) is 47.0 cm³/mol. The van der Waals surface area contributed by atoms with Gasteiger partial charge in [0, 0.05) is 12.3 Å². The zero-order valence-electron chi connectivity index (χ0n) is 7.26. The van der Waals surface area contributed by atoms with Crippen molar-refractivity contribution >= 4 is 12.1 Å². The molecule has 0 spiro atoms. The largest absolute Gasteiger partial charge is 0.274 e. The van der Waals surface area contributed by atoms with Crippen LogP contribution in [-0.2, 0) is 0 Å². The third kappa shape index (κ3) is 4.24. The van der Waals surface area contributed by atoms with Crippen LogP contribution in [0.25, 0.3) is 0 Å². The van der Waals surface area contributed by atoms with Crippen LogP contribution in [0.1, 0.15) is 27.7 Å². The Balaban J connectivity index is 3.79. The Kier molecular flexibility index (Phi) is 4.81. The highest BCUT2D eigenvalue weighted by molar-refractivity contribution is 5.89. The molecule has 0 atom stereocenters. The van der Waals surface area contributed by atoms with Gasteiger partial charge in [-0.2, -0.15) is 0 Å². The first-order valence-corrected chi connectivity index (χ1v) is 3.71. The van der Waals surface area contributed by atoms with E-state index in [1.54, 1.807) is 6.34 Å². The fourth-order valence-electron chi connectivity index (χ4n) is 0.363. The highest BCUT2D eigenvalue weighted by Gasteiger charge is 1.94. The lowest BCUT2D eigenvalue weighted by atomic mass is 10.1. The average Bonchev–Trinajstić information content (AvgIpc) is 1.88. The molecule has 0 aromatic carbocycles. The maximum absolute atomic E-state index is 4.14. The number of aliphatic imine (C=N–C) groups is 2. The van der Waals surface area contributed by atoms with Crippen LogP contribution < -0.4 is 0 Å². The molecular formula is C8H16N2. The molecule has 0 aliphatic carbocycles. The Hall–Kier alpha value is -0.660. The van der Waals surface area contributed by atoms with Crippen LogP contribution in [0.5, 0.6) is 0 Å². The SMILES string of the molecule is CCN=CN=C(C)C(C)C. The van der Waals surface area contributed by atoms with Crippen molar-refractivity contribution < 1.29 is 0 Å². The predicted octanol–water partition coefficient (Wildman–Crippen LogP) is 2.15. The molecule has 0 fully saturated rings. The summed E-state index contributed by atoms with van der Waals surface area (Å²) in [6, 6.07) is 0. The number of rotatable bonds is 3. The quantitative estimate of drug-likeness (QED) is 0.424. The zero-order chi connectivity index (χ0) is 7.98. The fourth-order valence-corrected chi connectivity index (χ4v) is 0.363. The molecule has 2 heteroatoms. The third-order valence-corrected chi connectivity index (χ3v) is 1.36. The van der Waals surface area contributed by atoms with E-state index in [0.29, 0.717) is 5.92 Å². The minimum Gasteiger partial charge on any atom is -0.274 e. The second-order valence-electron chi connectivity index (χ2n) is 2.54. The van der Waals surface area contributed by atoms with Gasteiger partial charge in [-0.3, -0.25) is 4.99 Å². The molecule has 0 heterocycles. The Bertz CT molecular complexity index is 134. The highest BCUT2D eigenvalue weighted by Crippen LogP contribution is 1.94. The summed E-state index contributed by atoms with van der Waals surface area (Å²) in [5.74, 6) is 0.531. The van der Waals surface area contributed by atoms with Gasteiger partial charge in [0.05, 0.1) is 0 Å². The number of hydrogen-bond acceptors (Lipinski definition) is 1. The minimum atomic E-state index is 0.531. The van der Waals surface area contributed by atoms with Crippen LogP contribution in [-0.4, -0.2) is 18.6 Å². The van der Waals surface area contributed by atoms with E-state index in [4.69, 9.17) is 0 Å². The van der Waals surface area contributed by atoms with Gasteiger partial charge in [0.25, 0.3) is 0 Å². The monoisotopic (exact) mass is 140 g/mol. The Morgan fingerprint density at radius 1 is 1.50 bits per heavy atom. The molecule has 2 nitrogen and oxygen atoms in total. The molecule has 0 aliphatic rings. The van der Waals surface area contributed by atoms with E-state index >= 15 is 0 Å². The summed E-state index contributed by atoms with van der Waals surface area (Å²) >= 11 is 0. The van der Waals surface area contributed by atoms with Crippen LogP contribution in [0.4, 0.5) is 0 Å². The first kappa shape index (κ1) is 9.34. The van der Waals surface area contributed by atoms with Crippen molar-refractivity contribution in [3.05, 3.63) is 0 Å². The Morgan fingerprint density at radius 3 is 2.50 bits per heavy atom. The summed E-state index contributed by atoms with van der Waals surface area (Å²) in [6.07, 6.45) is 1.63. The van der Waals surface area contributed by atoms with Gasteiger partial charge >= 0.3 is 0 Å². The number of hydrogen-bond donors (Lipinski definition) is 0. The first-order chi connectivity index (χ1) is 4.68. The van der Waals surface area contributed by atoms with Crippen LogP contribution in [0.2, 0.25) is 0 Å². The van der Waals surface area contributed by atoms with Gasteiger partial charge in [0.15, 0.2) is 0 Å². The standard InChI is InChI=1S/C8H16N2/c1-5-9-6-10-8(4)7(2)3/h6-7H,5H2,1-4H3. The molecule has 0 radical (unpaired) electrons. The molecule has 0 aromatic heterocycles. The highest BCUT2D eigenvalue weighted by atomic mass is 14.8. The molecule has 0 saturated heterocycles. The van der Waals surface area contributed by atoms with Crippen molar-refractivity contribution in [2.24, 2.45) is 15.9 Å². The average molecular weight is 140 g/mol. The smallest absolute Gasteiger partial charge is 0.109 e. The van der Waals surface area contributed by atoms with Crippen molar-refractivity contribution in [2.75, 3.05) is 6.54 Å². The van der Waals surface area contributed by atoms with Crippen molar-refractivity contribution in [1.82, 2.24) is 0 Å². The normalized spacial score (nSPS) is 13.5. The van der Waals surface area contributed by atoms with Crippen LogP contribution in [0.15, 0.2) is 9.98 Å². The Labute approximate surface area is 63.1 Å². The van der Waals surface area contributed by atoms with Crippen molar-refractivity contribution in [3.63, 3.8) is 0 Å². The fraction of sp³-hybridized carbons (Fsp3) is 0.750. The van der Waals surface area contributed by atoms with Gasteiger partial charge in [-0.1, -0.05) is 13.8 Å². The van der Waals surface area contributed by atoms with Gasteiger partial charge in [0.2, 0.25) is 0 Å². The molecule has 0 bridgehead atoms. The van der Waals surface area contributed by atoms with Gasteiger partial charge in [-0.25, -0.2) is 4.99 Å². The van der Waals surface area contributed by atoms with Crippen molar-refractivity contribution in [2.45, 2.75) is 27.7 Å². The summed E-state index contributed by atoms with van der Waals surface area (Å²) in [7, 11) is 0. The van der Waals surface area contributed by atoms with E-state index in [2.05, 4.69) is 23.8 Å². The van der Waals surface area contributed by atoms with Crippen LogP contribution in [0, 0.1) is 5.92 Å².